The van der Waals surface area contributed by atoms with E-state index in [1.807, 2.05) is 29.0 Å². The number of rotatable bonds is 6. The van der Waals surface area contributed by atoms with E-state index in [4.69, 9.17) is 11.6 Å². The Balaban J connectivity index is 1.61. The zero-order valence-corrected chi connectivity index (χ0v) is 16.9. The molecule has 2 aromatic heterocycles. The van der Waals surface area contributed by atoms with E-state index in [2.05, 4.69) is 26.5 Å². The van der Waals surface area contributed by atoms with Gasteiger partial charge in [0.2, 0.25) is 16.0 Å². The minimum Gasteiger partial charge on any atom is -0.338 e. The molecule has 0 radical (unpaired) electrons. The van der Waals surface area contributed by atoms with Crippen LogP contribution in [0.4, 0.5) is 27.5 Å². The van der Waals surface area contributed by atoms with Crippen molar-refractivity contribution in [2.24, 2.45) is 5.14 Å². The molecule has 31 heavy (non-hydrogen) atoms. The van der Waals surface area contributed by atoms with Gasteiger partial charge in [-0.15, -0.1) is 6.42 Å². The van der Waals surface area contributed by atoms with Crippen molar-refractivity contribution in [1.82, 2.24) is 14.5 Å². The first-order valence-corrected chi connectivity index (χ1v) is 10.6. The lowest BCUT2D eigenvalue weighted by atomic mass is 10.2. The second-order valence-electron chi connectivity index (χ2n) is 6.63. The highest BCUT2D eigenvalue weighted by atomic mass is 32.2. The molecule has 2 heterocycles. The minimum atomic E-state index is -3.86. The summed E-state index contributed by atoms with van der Waals surface area (Å²) in [5.74, 6) is 1.97. The van der Waals surface area contributed by atoms with Gasteiger partial charge < -0.3 is 15.2 Å². The van der Waals surface area contributed by atoms with Crippen LogP contribution < -0.4 is 15.8 Å². The van der Waals surface area contributed by atoms with E-state index in [1.165, 1.54) is 18.2 Å². The van der Waals surface area contributed by atoms with Gasteiger partial charge in [-0.25, -0.2) is 22.9 Å². The van der Waals surface area contributed by atoms with Crippen LogP contribution in [0.3, 0.4) is 0 Å². The summed E-state index contributed by atoms with van der Waals surface area (Å²) in [5, 5.41) is 11.9. The SMILES string of the molecule is C#CCn1ccc2ccc(Nc3nc(Nc4cccc(S(N)(=O)=O)c4)ncc3F)cc21. The van der Waals surface area contributed by atoms with Gasteiger partial charge in [-0.05, 0) is 41.8 Å². The number of halogens is 1. The van der Waals surface area contributed by atoms with Crippen molar-refractivity contribution < 1.29 is 12.8 Å². The standard InChI is InChI=1S/C21H17FN6O2S/c1-2-9-28-10-8-14-6-7-16(12-19(14)28)25-20-18(22)13-24-21(27-20)26-15-4-3-5-17(11-15)31(23,29)30/h1,3-8,10-13H,9H2,(H2,23,29,30)(H2,24,25,26,27). The topological polar surface area (TPSA) is 115 Å². The largest absolute Gasteiger partial charge is 0.338 e. The van der Waals surface area contributed by atoms with E-state index in [1.54, 1.807) is 12.1 Å². The van der Waals surface area contributed by atoms with Gasteiger partial charge >= 0.3 is 0 Å². The van der Waals surface area contributed by atoms with Crippen molar-refractivity contribution in [3.05, 3.63) is 66.7 Å². The molecular weight excluding hydrogens is 419 g/mol. The molecule has 0 bridgehead atoms. The highest BCUT2D eigenvalue weighted by molar-refractivity contribution is 7.89. The number of primary sulfonamides is 1. The Morgan fingerprint density at radius 1 is 1.13 bits per heavy atom. The summed E-state index contributed by atoms with van der Waals surface area (Å²) < 4.78 is 39.3. The Labute approximate surface area is 178 Å². The van der Waals surface area contributed by atoms with Crippen LogP contribution in [0.25, 0.3) is 10.9 Å². The molecule has 8 nitrogen and oxygen atoms in total. The molecule has 0 atom stereocenters. The van der Waals surface area contributed by atoms with Crippen molar-refractivity contribution in [2.75, 3.05) is 10.6 Å². The van der Waals surface area contributed by atoms with Crippen LogP contribution >= 0.6 is 0 Å². The molecule has 4 rings (SSSR count). The predicted octanol–water partition coefficient (Wildman–Crippen LogP) is 3.34. The lowest BCUT2D eigenvalue weighted by Gasteiger charge is -2.11. The van der Waals surface area contributed by atoms with Gasteiger partial charge in [0, 0.05) is 17.6 Å². The number of sulfonamides is 1. The number of fused-ring (bicyclic) bond motifs is 1. The normalized spacial score (nSPS) is 11.3. The molecule has 2 aromatic carbocycles. The summed E-state index contributed by atoms with van der Waals surface area (Å²) in [6.45, 7) is 0.417. The number of nitrogens with zero attached hydrogens (tertiary/aromatic N) is 3. The number of anilines is 4. The molecule has 0 saturated carbocycles. The summed E-state index contributed by atoms with van der Waals surface area (Å²) in [6, 6.07) is 13.3. The molecule has 0 spiro atoms. The fraction of sp³-hybridized carbons (Fsp3) is 0.0476. The van der Waals surface area contributed by atoms with Crippen LogP contribution in [0.15, 0.2) is 65.8 Å². The molecule has 0 aliphatic rings. The molecule has 4 N–H and O–H groups in total. The number of benzene rings is 2. The smallest absolute Gasteiger partial charge is 0.238 e. The average molecular weight is 436 g/mol. The Morgan fingerprint density at radius 2 is 1.94 bits per heavy atom. The molecule has 10 heteroatoms. The van der Waals surface area contributed by atoms with Crippen molar-refractivity contribution in [3.8, 4) is 12.3 Å². The van der Waals surface area contributed by atoms with Gasteiger partial charge in [-0.2, -0.15) is 4.98 Å². The van der Waals surface area contributed by atoms with Gasteiger partial charge in [0.1, 0.15) is 0 Å². The quantitative estimate of drug-likeness (QED) is 0.400. The first kappa shape index (κ1) is 20.3. The van der Waals surface area contributed by atoms with Gasteiger partial charge in [-0.1, -0.05) is 18.1 Å². The predicted molar refractivity (Wildman–Crippen MR) is 117 cm³/mol. The average Bonchev–Trinajstić information content (AvgIpc) is 3.13. The fourth-order valence-electron chi connectivity index (χ4n) is 3.03. The van der Waals surface area contributed by atoms with Crippen molar-refractivity contribution in [1.29, 1.82) is 0 Å². The monoisotopic (exact) mass is 436 g/mol. The fourth-order valence-corrected chi connectivity index (χ4v) is 3.59. The molecule has 0 aliphatic carbocycles. The molecule has 0 aliphatic heterocycles. The first-order chi connectivity index (χ1) is 14.8. The maximum Gasteiger partial charge on any atom is 0.238 e. The highest BCUT2D eigenvalue weighted by Gasteiger charge is 2.11. The Bertz CT molecular complexity index is 1430. The van der Waals surface area contributed by atoms with E-state index in [-0.39, 0.29) is 16.7 Å². The second kappa shape index (κ2) is 8.06. The van der Waals surface area contributed by atoms with E-state index < -0.39 is 15.8 Å². The van der Waals surface area contributed by atoms with Crippen LogP contribution in [0.1, 0.15) is 0 Å². The third-order valence-corrected chi connectivity index (χ3v) is 5.37. The number of aromatic nitrogens is 3. The highest BCUT2D eigenvalue weighted by Crippen LogP contribution is 2.25. The maximum atomic E-state index is 14.3. The minimum absolute atomic E-state index is 0.0468. The van der Waals surface area contributed by atoms with Crippen LogP contribution in [0.5, 0.6) is 0 Å². The molecule has 4 aromatic rings. The zero-order chi connectivity index (χ0) is 22.0. The second-order valence-corrected chi connectivity index (χ2v) is 8.20. The Kier molecular flexibility index (Phi) is 5.29. The van der Waals surface area contributed by atoms with Crippen LogP contribution in [0, 0.1) is 18.2 Å². The summed E-state index contributed by atoms with van der Waals surface area (Å²) in [5.41, 5.74) is 1.90. The van der Waals surface area contributed by atoms with E-state index in [9.17, 15) is 12.8 Å². The molecule has 156 valence electrons. The van der Waals surface area contributed by atoms with Crippen LogP contribution in [-0.4, -0.2) is 23.0 Å². The van der Waals surface area contributed by atoms with Crippen molar-refractivity contribution in [3.63, 3.8) is 0 Å². The van der Waals surface area contributed by atoms with Crippen molar-refractivity contribution in [2.45, 2.75) is 11.4 Å². The number of nitrogens with one attached hydrogen (secondary N) is 2. The molecule has 0 saturated heterocycles. The van der Waals surface area contributed by atoms with Gasteiger partial charge in [0.25, 0.3) is 0 Å². The zero-order valence-electron chi connectivity index (χ0n) is 16.1. The number of terminal acetylenes is 1. The maximum absolute atomic E-state index is 14.3. The number of hydrogen-bond acceptors (Lipinski definition) is 6. The molecule has 0 fully saturated rings. The lowest BCUT2D eigenvalue weighted by Crippen LogP contribution is -2.12. The van der Waals surface area contributed by atoms with Gasteiger partial charge in [-0.3, -0.25) is 0 Å². The number of nitrogens with two attached hydrogens (primary N) is 1. The summed E-state index contributed by atoms with van der Waals surface area (Å²) in [4.78, 5) is 7.99. The first-order valence-electron chi connectivity index (χ1n) is 9.05. The molecule has 0 unspecified atom stereocenters. The Morgan fingerprint density at radius 3 is 2.71 bits per heavy atom. The van der Waals surface area contributed by atoms with Crippen LogP contribution in [-0.2, 0) is 16.6 Å². The molecular formula is C21H17FN6O2S. The summed E-state index contributed by atoms with van der Waals surface area (Å²) in [6.07, 6.45) is 8.31. The Hall–Kier alpha value is -3.94. The third kappa shape index (κ3) is 4.48. The summed E-state index contributed by atoms with van der Waals surface area (Å²) >= 11 is 0. The molecule has 0 amide bonds. The lowest BCUT2D eigenvalue weighted by molar-refractivity contribution is 0.598. The van der Waals surface area contributed by atoms with Crippen LogP contribution in [0.2, 0.25) is 0 Å². The van der Waals surface area contributed by atoms with Gasteiger partial charge in [0.05, 0.1) is 23.2 Å². The third-order valence-electron chi connectivity index (χ3n) is 4.46. The van der Waals surface area contributed by atoms with Gasteiger partial charge in [0.15, 0.2) is 11.6 Å². The van der Waals surface area contributed by atoms with E-state index in [0.29, 0.717) is 17.9 Å². The van der Waals surface area contributed by atoms with Crippen molar-refractivity contribution >= 4 is 44.1 Å². The summed E-state index contributed by atoms with van der Waals surface area (Å²) in [7, 11) is -3.86. The van der Waals surface area contributed by atoms with E-state index in [0.717, 1.165) is 17.1 Å². The number of hydrogen-bond donors (Lipinski definition) is 3. The van der Waals surface area contributed by atoms with E-state index >= 15 is 0 Å².